The van der Waals surface area contributed by atoms with Gasteiger partial charge in [0.15, 0.2) is 5.78 Å². The van der Waals surface area contributed by atoms with Crippen LogP contribution in [0.2, 0.25) is 0 Å². The van der Waals surface area contributed by atoms with E-state index in [1.165, 1.54) is 6.92 Å². The van der Waals surface area contributed by atoms with E-state index in [1.807, 2.05) is 27.7 Å². The second kappa shape index (κ2) is 13.4. The molecule has 10 heteroatoms. The summed E-state index contributed by atoms with van der Waals surface area (Å²) in [6.07, 6.45) is 0. The second-order valence-electron chi connectivity index (χ2n) is 6.91. The number of hydrogen-bond donors (Lipinski definition) is 0. The largest absolute Gasteiger partial charge is 0.494 e. The van der Waals surface area contributed by atoms with Crippen LogP contribution in [-0.2, 0) is 9.59 Å². The van der Waals surface area contributed by atoms with E-state index < -0.39 is 17.7 Å². The summed E-state index contributed by atoms with van der Waals surface area (Å²) < 4.78 is 22.9. The fraction of sp³-hybridized carbons (Fsp3) is 0.417. The molecule has 2 aromatic carbocycles. The first-order valence-corrected chi connectivity index (χ1v) is 11.4. The minimum atomic E-state index is -1.45. The monoisotopic (exact) mass is 491 g/mol. The third kappa shape index (κ3) is 7.62. The van der Waals surface area contributed by atoms with Gasteiger partial charge in [0.25, 0.3) is 5.91 Å². The van der Waals surface area contributed by atoms with Crippen LogP contribution in [0.4, 0.5) is 11.4 Å². The van der Waals surface area contributed by atoms with Crippen LogP contribution in [0.3, 0.4) is 0 Å². The smallest absolute Gasteiger partial charge is 0.276 e. The number of hydrogen-bond acceptors (Lipinski definition) is 8. The zero-order valence-corrected chi connectivity index (χ0v) is 20.8. The van der Waals surface area contributed by atoms with Gasteiger partial charge in [-0.05, 0) is 34.6 Å². The zero-order chi connectivity index (χ0) is 25.1. The Morgan fingerprint density at radius 3 is 1.59 bits per heavy atom. The Morgan fingerprint density at radius 1 is 0.794 bits per heavy atom. The Labute approximate surface area is 204 Å². The van der Waals surface area contributed by atoms with Crippen molar-refractivity contribution in [1.29, 1.82) is 0 Å². The molecule has 0 saturated heterocycles. The van der Waals surface area contributed by atoms with Gasteiger partial charge in [-0.1, -0.05) is 0 Å². The van der Waals surface area contributed by atoms with Gasteiger partial charge in [-0.2, -0.15) is 10.2 Å². The summed E-state index contributed by atoms with van der Waals surface area (Å²) in [5, 5.41) is 8.08. The summed E-state index contributed by atoms with van der Waals surface area (Å²) in [6.45, 7) is 10.4. The number of Topliss-reactive ketones (excluding diaryl/α,β-unsaturated/α-hetero) is 1. The van der Waals surface area contributed by atoms with Crippen LogP contribution in [0, 0.1) is 0 Å². The van der Waals surface area contributed by atoms with Crippen LogP contribution in [-0.4, -0.2) is 44.2 Å². The summed E-state index contributed by atoms with van der Waals surface area (Å²) in [7, 11) is 0. The fourth-order valence-electron chi connectivity index (χ4n) is 2.95. The molecule has 0 fully saturated rings. The highest BCUT2D eigenvalue weighted by Crippen LogP contribution is 2.32. The van der Waals surface area contributed by atoms with Gasteiger partial charge in [-0.3, -0.25) is 9.59 Å². The number of azo groups is 1. The van der Waals surface area contributed by atoms with Gasteiger partial charge in [0, 0.05) is 48.2 Å². The Morgan fingerprint density at radius 2 is 1.21 bits per heavy atom. The quantitative estimate of drug-likeness (QED) is 0.208. The lowest BCUT2D eigenvalue weighted by Gasteiger charge is -2.19. The van der Waals surface area contributed by atoms with Crippen molar-refractivity contribution in [3.05, 3.63) is 36.4 Å². The number of halogens is 1. The maximum absolute atomic E-state index is 13.1. The van der Waals surface area contributed by atoms with Crippen molar-refractivity contribution < 1.29 is 28.5 Å². The van der Waals surface area contributed by atoms with E-state index in [-0.39, 0.29) is 5.69 Å². The number of ether oxygens (including phenoxy) is 4. The first-order valence-electron chi connectivity index (χ1n) is 11.0. The van der Waals surface area contributed by atoms with Crippen LogP contribution in [0.5, 0.6) is 23.0 Å². The molecule has 0 aliphatic carbocycles. The van der Waals surface area contributed by atoms with Gasteiger partial charge in [0.05, 0.1) is 37.8 Å². The first kappa shape index (κ1) is 26.9. The van der Waals surface area contributed by atoms with Crippen molar-refractivity contribution in [1.82, 2.24) is 0 Å². The summed E-state index contributed by atoms with van der Waals surface area (Å²) in [4.78, 5) is 25.3. The maximum Gasteiger partial charge on any atom is 0.276 e. The molecular weight excluding hydrogens is 462 g/mol. The fourth-order valence-corrected chi connectivity index (χ4v) is 3.14. The van der Waals surface area contributed by atoms with Gasteiger partial charge >= 0.3 is 0 Å². The number of ketones is 1. The van der Waals surface area contributed by atoms with Crippen molar-refractivity contribution in [2.75, 3.05) is 30.8 Å². The summed E-state index contributed by atoms with van der Waals surface area (Å²) in [5.74, 6) is 0.723. The normalized spacial score (nSPS) is 11.7. The molecular formula is C24H30ClN3O6. The topological polar surface area (TPSA) is 99.0 Å². The maximum atomic E-state index is 13.1. The van der Waals surface area contributed by atoms with Crippen LogP contribution in [0.15, 0.2) is 46.6 Å². The molecule has 0 aliphatic rings. The molecule has 0 heterocycles. The molecule has 0 N–H and O–H groups in total. The molecule has 9 nitrogen and oxygen atoms in total. The van der Waals surface area contributed by atoms with Crippen LogP contribution in [0.25, 0.3) is 0 Å². The lowest BCUT2D eigenvalue weighted by Crippen LogP contribution is -2.36. The Hall–Kier alpha value is -3.33. The van der Waals surface area contributed by atoms with Gasteiger partial charge in [-0.25, -0.2) is 4.42 Å². The molecule has 34 heavy (non-hydrogen) atoms. The van der Waals surface area contributed by atoms with E-state index in [0.29, 0.717) is 55.1 Å². The predicted molar refractivity (Wildman–Crippen MR) is 130 cm³/mol. The van der Waals surface area contributed by atoms with Crippen molar-refractivity contribution >= 4 is 34.8 Å². The van der Waals surface area contributed by atoms with E-state index in [2.05, 4.69) is 10.2 Å². The number of amides is 1. The SMILES string of the molecule is CCOc1cc(N=NC(C(C)=O)C(=O)N(Cl)c2cc(OCC)cc(OCC)c2)cc(OCC)c1. The Bertz CT molecular complexity index is 966. The standard InChI is InChI=1S/C24H30ClN3O6/c1-6-31-19-10-17(11-20(14-19)32-7-2)26-27-23(16(5)29)24(30)28(25)18-12-21(33-8-3)15-22(13-18)34-9-4/h10-15,23H,6-9H2,1-5H3. The van der Waals surface area contributed by atoms with Gasteiger partial charge in [0.1, 0.15) is 23.0 Å². The van der Waals surface area contributed by atoms with Crippen LogP contribution < -0.4 is 23.4 Å². The number of benzene rings is 2. The number of rotatable bonds is 13. The van der Waals surface area contributed by atoms with Gasteiger partial charge in [0.2, 0.25) is 6.04 Å². The lowest BCUT2D eigenvalue weighted by atomic mass is 10.2. The average Bonchev–Trinajstić information content (AvgIpc) is 2.79. The summed E-state index contributed by atoms with van der Waals surface area (Å²) in [6, 6.07) is 8.38. The molecule has 0 spiro atoms. The third-order valence-electron chi connectivity index (χ3n) is 4.30. The summed E-state index contributed by atoms with van der Waals surface area (Å²) in [5.41, 5.74) is 0.644. The van der Waals surface area contributed by atoms with Gasteiger partial charge < -0.3 is 18.9 Å². The minimum Gasteiger partial charge on any atom is -0.494 e. The van der Waals surface area contributed by atoms with Crippen LogP contribution >= 0.6 is 11.8 Å². The highest BCUT2D eigenvalue weighted by Gasteiger charge is 2.29. The molecule has 0 bridgehead atoms. The number of anilines is 1. The molecule has 0 aliphatic heterocycles. The zero-order valence-electron chi connectivity index (χ0n) is 20.0. The number of carbonyl (C=O) groups is 2. The molecule has 0 aromatic heterocycles. The molecule has 1 atom stereocenters. The van der Waals surface area contributed by atoms with E-state index >= 15 is 0 Å². The number of nitrogens with zero attached hydrogens (tertiary/aromatic N) is 3. The Balaban J connectivity index is 2.34. The van der Waals surface area contributed by atoms with Crippen molar-refractivity contribution in [3.63, 3.8) is 0 Å². The first-order chi connectivity index (χ1) is 16.3. The highest BCUT2D eigenvalue weighted by atomic mass is 35.5. The van der Waals surface area contributed by atoms with Crippen molar-refractivity contribution in [2.45, 2.75) is 40.7 Å². The lowest BCUT2D eigenvalue weighted by molar-refractivity contribution is -0.126. The molecule has 0 saturated carbocycles. The molecule has 1 unspecified atom stereocenters. The molecule has 0 radical (unpaired) electrons. The van der Waals surface area contributed by atoms with E-state index in [4.69, 9.17) is 30.7 Å². The molecule has 2 rings (SSSR count). The van der Waals surface area contributed by atoms with E-state index in [0.717, 1.165) is 4.42 Å². The molecule has 2 aromatic rings. The highest BCUT2D eigenvalue weighted by molar-refractivity contribution is 6.39. The summed E-state index contributed by atoms with van der Waals surface area (Å²) >= 11 is 6.33. The number of carbonyl (C=O) groups excluding carboxylic acids is 2. The van der Waals surface area contributed by atoms with E-state index in [1.54, 1.807) is 36.4 Å². The predicted octanol–water partition coefficient (Wildman–Crippen LogP) is 5.51. The van der Waals surface area contributed by atoms with Gasteiger partial charge in [-0.15, -0.1) is 0 Å². The minimum absolute atomic E-state index is 0.277. The molecule has 1 amide bonds. The second-order valence-corrected chi connectivity index (χ2v) is 7.24. The molecule has 184 valence electrons. The average molecular weight is 492 g/mol. The third-order valence-corrected chi connectivity index (χ3v) is 4.66. The van der Waals surface area contributed by atoms with Crippen LogP contribution in [0.1, 0.15) is 34.6 Å². The van der Waals surface area contributed by atoms with Crippen molar-refractivity contribution in [3.8, 4) is 23.0 Å². The van der Waals surface area contributed by atoms with Crippen molar-refractivity contribution in [2.24, 2.45) is 10.2 Å². The van der Waals surface area contributed by atoms with E-state index in [9.17, 15) is 9.59 Å². The Kier molecular flexibility index (Phi) is 10.6.